The number of hydrogen-bond acceptors (Lipinski definition) is 3. The Morgan fingerprint density at radius 1 is 1.18 bits per heavy atom. The van der Waals surface area contributed by atoms with E-state index in [9.17, 15) is 9.13 Å². The highest BCUT2D eigenvalue weighted by atomic mass is 31.2. The Morgan fingerprint density at radius 3 is 2.06 bits per heavy atom. The molecule has 9 heteroatoms. The average Bonchev–Trinajstić information content (AvgIpc) is 2.15. The zero-order valence-corrected chi connectivity index (χ0v) is 10.8. The van der Waals surface area contributed by atoms with Crippen molar-refractivity contribution in [3.63, 3.8) is 0 Å². The third-order valence-corrected chi connectivity index (χ3v) is 6.89. The first-order valence-electron chi connectivity index (χ1n) is 4.59. The molecule has 0 bridgehead atoms. The van der Waals surface area contributed by atoms with E-state index in [0.29, 0.717) is 0 Å². The van der Waals surface area contributed by atoms with Gasteiger partial charge in [0.1, 0.15) is 0 Å². The monoisotopic (exact) mass is 281 g/mol. The van der Waals surface area contributed by atoms with Crippen molar-refractivity contribution in [2.24, 2.45) is 0 Å². The number of pyridine rings is 1. The molecule has 1 aromatic rings. The normalized spacial score (nSPS) is 13.7. The molecule has 0 aliphatic heterocycles. The van der Waals surface area contributed by atoms with E-state index in [4.69, 9.17) is 19.6 Å². The van der Waals surface area contributed by atoms with Gasteiger partial charge in [-0.05, 0) is 19.1 Å². The maximum absolute atomic E-state index is 11.3. The number of rotatable bonds is 4. The van der Waals surface area contributed by atoms with Crippen molar-refractivity contribution in [1.29, 1.82) is 0 Å². The summed E-state index contributed by atoms with van der Waals surface area (Å²) in [6.07, 6.45) is 0.886. The third kappa shape index (κ3) is 3.01. The molecule has 0 unspecified atom stereocenters. The summed E-state index contributed by atoms with van der Waals surface area (Å²) in [7, 11) is -9.96. The van der Waals surface area contributed by atoms with E-state index in [2.05, 4.69) is 4.98 Å². The van der Waals surface area contributed by atoms with Gasteiger partial charge in [0, 0.05) is 18.3 Å². The smallest absolute Gasteiger partial charge is 0.324 e. The van der Waals surface area contributed by atoms with Crippen LogP contribution in [0.2, 0.25) is 0 Å². The summed E-state index contributed by atoms with van der Waals surface area (Å²) in [5.41, 5.74) is 0.210. The predicted molar refractivity (Wildman–Crippen MR) is 60.4 cm³/mol. The molecule has 1 heterocycles. The lowest BCUT2D eigenvalue weighted by atomic mass is 10.2. The maximum Gasteiger partial charge on any atom is 0.343 e. The van der Waals surface area contributed by atoms with Crippen LogP contribution >= 0.6 is 15.2 Å². The summed E-state index contributed by atoms with van der Waals surface area (Å²) in [6, 6.07) is 4.61. The molecule has 0 aliphatic carbocycles. The van der Waals surface area contributed by atoms with Gasteiger partial charge in [-0.3, -0.25) is 14.1 Å². The molecule has 0 saturated heterocycles. The molecule has 0 saturated carbocycles. The third-order valence-electron chi connectivity index (χ3n) is 2.50. The van der Waals surface area contributed by atoms with Gasteiger partial charge in [-0.15, -0.1) is 0 Å². The van der Waals surface area contributed by atoms with Crippen molar-refractivity contribution in [3.05, 3.63) is 30.1 Å². The van der Waals surface area contributed by atoms with Crippen molar-refractivity contribution in [2.75, 3.05) is 0 Å². The molecule has 0 radical (unpaired) electrons. The average molecular weight is 281 g/mol. The van der Waals surface area contributed by atoms with Crippen molar-refractivity contribution >= 4 is 15.2 Å². The van der Waals surface area contributed by atoms with Gasteiger partial charge in [0.15, 0.2) is 4.90 Å². The van der Waals surface area contributed by atoms with Crippen molar-refractivity contribution in [3.8, 4) is 0 Å². The molecule has 1 rings (SSSR count). The van der Waals surface area contributed by atoms with E-state index in [0.717, 1.165) is 6.92 Å². The Hall–Kier alpha value is -0.550. The van der Waals surface area contributed by atoms with Crippen LogP contribution in [0.4, 0.5) is 0 Å². The molecule has 96 valence electrons. The van der Waals surface area contributed by atoms with Gasteiger partial charge in [-0.1, -0.05) is 6.07 Å². The van der Waals surface area contributed by atoms with Crippen LogP contribution < -0.4 is 0 Å². The molecule has 0 atom stereocenters. The van der Waals surface area contributed by atoms with E-state index in [-0.39, 0.29) is 5.69 Å². The number of aromatic nitrogens is 1. The lowest BCUT2D eigenvalue weighted by Gasteiger charge is -2.30. The van der Waals surface area contributed by atoms with Gasteiger partial charge in [0.2, 0.25) is 0 Å². The van der Waals surface area contributed by atoms with Crippen LogP contribution in [-0.4, -0.2) is 29.5 Å². The second-order valence-electron chi connectivity index (χ2n) is 3.80. The molecule has 0 aliphatic rings. The topological polar surface area (TPSA) is 128 Å². The summed E-state index contributed by atoms with van der Waals surface area (Å²) >= 11 is 0. The van der Waals surface area contributed by atoms with Crippen LogP contribution in [-0.2, 0) is 15.6 Å². The van der Waals surface area contributed by atoms with Crippen molar-refractivity contribution in [1.82, 2.24) is 4.98 Å². The first-order valence-corrected chi connectivity index (χ1v) is 7.81. The highest BCUT2D eigenvalue weighted by Gasteiger charge is 2.56. The predicted octanol–water partition coefficient (Wildman–Crippen LogP) is 0.696. The quantitative estimate of drug-likeness (QED) is 0.598. The lowest BCUT2D eigenvalue weighted by Crippen LogP contribution is -2.28. The molecular weight excluding hydrogens is 268 g/mol. The summed E-state index contributed by atoms with van der Waals surface area (Å²) in [4.78, 5) is 37.9. The van der Waals surface area contributed by atoms with Gasteiger partial charge in [-0.2, -0.15) is 0 Å². The van der Waals surface area contributed by atoms with E-state index in [1.807, 2.05) is 0 Å². The molecule has 17 heavy (non-hydrogen) atoms. The highest BCUT2D eigenvalue weighted by molar-refractivity contribution is 7.72. The zero-order valence-electron chi connectivity index (χ0n) is 8.96. The van der Waals surface area contributed by atoms with Crippen LogP contribution in [0.15, 0.2) is 24.4 Å². The van der Waals surface area contributed by atoms with Gasteiger partial charge in [0.05, 0.1) is 0 Å². The molecule has 0 fully saturated rings. The van der Waals surface area contributed by atoms with E-state index in [1.54, 1.807) is 12.1 Å². The van der Waals surface area contributed by atoms with E-state index in [1.165, 1.54) is 12.3 Å². The van der Waals surface area contributed by atoms with Crippen molar-refractivity contribution in [2.45, 2.75) is 18.2 Å². The highest BCUT2D eigenvalue weighted by Crippen LogP contribution is 2.69. The summed E-state index contributed by atoms with van der Waals surface area (Å²) in [6.45, 7) is 0.864. The largest absolute Gasteiger partial charge is 0.343 e. The first-order chi connectivity index (χ1) is 7.58. The second-order valence-corrected chi connectivity index (χ2v) is 8.31. The Labute approximate surface area is 97.8 Å². The molecular formula is C8H13NO6P2. The van der Waals surface area contributed by atoms with Gasteiger partial charge < -0.3 is 19.6 Å². The minimum absolute atomic E-state index is 0.210. The number of nitrogens with zero attached hydrogens (tertiary/aromatic N) is 1. The van der Waals surface area contributed by atoms with Gasteiger partial charge >= 0.3 is 15.2 Å². The number of hydrogen-bond donors (Lipinski definition) is 4. The van der Waals surface area contributed by atoms with Crippen LogP contribution in [0.25, 0.3) is 0 Å². The summed E-state index contributed by atoms with van der Waals surface area (Å²) in [5.74, 6) is 0. The Morgan fingerprint density at radius 2 is 1.71 bits per heavy atom. The fourth-order valence-electron chi connectivity index (χ4n) is 1.22. The minimum Gasteiger partial charge on any atom is -0.324 e. The fraction of sp³-hybridized carbons (Fsp3) is 0.375. The Balaban J connectivity index is 3.20. The zero-order chi connectivity index (χ0) is 13.3. The second kappa shape index (κ2) is 4.61. The molecule has 0 spiro atoms. The molecule has 4 N–H and O–H groups in total. The van der Waals surface area contributed by atoms with Crippen LogP contribution in [0, 0.1) is 0 Å². The fourth-order valence-corrected chi connectivity index (χ4v) is 3.31. The van der Waals surface area contributed by atoms with Crippen molar-refractivity contribution < 1.29 is 28.7 Å². The first kappa shape index (κ1) is 14.5. The Bertz CT molecular complexity index is 456. The Kier molecular flexibility index (Phi) is 3.94. The van der Waals surface area contributed by atoms with Gasteiger partial charge in [0.25, 0.3) is 0 Å². The lowest BCUT2D eigenvalue weighted by molar-refractivity contribution is 0.311. The van der Waals surface area contributed by atoms with E-state index >= 15 is 0 Å². The SMILES string of the molecule is CC(Cc1ccccn1)(P(=O)(O)O)P(=O)(O)O. The van der Waals surface area contributed by atoms with Crippen LogP contribution in [0.3, 0.4) is 0 Å². The summed E-state index contributed by atoms with van der Waals surface area (Å²) < 4.78 is 22.6. The summed E-state index contributed by atoms with van der Waals surface area (Å²) in [5, 5.41) is 0. The maximum atomic E-state index is 11.3. The van der Waals surface area contributed by atoms with E-state index < -0.39 is 26.5 Å². The molecule has 7 nitrogen and oxygen atoms in total. The van der Waals surface area contributed by atoms with Crippen LogP contribution in [0.1, 0.15) is 12.6 Å². The molecule has 0 aromatic carbocycles. The molecule has 1 aromatic heterocycles. The van der Waals surface area contributed by atoms with Crippen LogP contribution in [0.5, 0.6) is 0 Å². The molecule has 0 amide bonds. The standard InChI is InChI=1S/C8H13NO6P2/c1-8(16(10,11)12,17(13,14)15)6-7-4-2-3-5-9-7/h2-5H,6H2,1H3,(H2,10,11,12)(H2,13,14,15). The van der Waals surface area contributed by atoms with Gasteiger partial charge in [-0.25, -0.2) is 0 Å². The minimum atomic E-state index is -4.98.